The van der Waals surface area contributed by atoms with Gasteiger partial charge in [-0.15, -0.1) is 0 Å². The van der Waals surface area contributed by atoms with E-state index in [1.165, 1.54) is 0 Å². The lowest BCUT2D eigenvalue weighted by Gasteiger charge is -2.20. The number of para-hydroxylation sites is 1. The number of aromatic nitrogens is 2. The molecule has 0 atom stereocenters. The van der Waals surface area contributed by atoms with Gasteiger partial charge in [-0.3, -0.25) is 20.3 Å². The Hall–Kier alpha value is -2.50. The van der Waals surface area contributed by atoms with Crippen molar-refractivity contribution in [2.75, 3.05) is 17.3 Å². The lowest BCUT2D eigenvalue weighted by molar-refractivity contribution is -0.119. The Bertz CT molecular complexity index is 592. The van der Waals surface area contributed by atoms with Crippen molar-refractivity contribution in [2.45, 2.75) is 6.42 Å². The number of nitrogens with one attached hydrogen (secondary N) is 2. The number of hydrazine groups is 1. The molecule has 4 N–H and O–H groups in total. The van der Waals surface area contributed by atoms with E-state index in [0.717, 1.165) is 16.8 Å². The molecule has 0 saturated carbocycles. The fraction of sp³-hybridized carbons (Fsp3) is 0.167. The molecule has 92 valence electrons. The van der Waals surface area contributed by atoms with E-state index in [1.54, 1.807) is 6.20 Å². The summed E-state index contributed by atoms with van der Waals surface area (Å²) >= 11 is 0. The van der Waals surface area contributed by atoms with Gasteiger partial charge in [0.1, 0.15) is 5.82 Å². The van der Waals surface area contributed by atoms with Crippen LogP contribution in [-0.2, 0) is 4.79 Å². The quantitative estimate of drug-likeness (QED) is 0.731. The van der Waals surface area contributed by atoms with Crippen molar-refractivity contribution in [3.05, 3.63) is 30.5 Å². The first-order valence-electron chi connectivity index (χ1n) is 5.71. The van der Waals surface area contributed by atoms with E-state index in [2.05, 4.69) is 15.6 Å². The van der Waals surface area contributed by atoms with Crippen LogP contribution < -0.4 is 16.2 Å². The molecule has 0 unspecified atom stereocenters. The van der Waals surface area contributed by atoms with Gasteiger partial charge in [-0.05, 0) is 6.07 Å². The third-order valence-electron chi connectivity index (χ3n) is 2.98. The van der Waals surface area contributed by atoms with Gasteiger partial charge in [0.25, 0.3) is 0 Å². The monoisotopic (exact) mass is 243 g/mol. The highest BCUT2D eigenvalue weighted by Crippen LogP contribution is 2.33. The molecule has 6 nitrogen and oxygen atoms in total. The zero-order valence-corrected chi connectivity index (χ0v) is 9.68. The number of carbonyl (C=O) groups excluding carboxylic acids is 1. The van der Waals surface area contributed by atoms with Crippen LogP contribution in [0.1, 0.15) is 6.42 Å². The van der Waals surface area contributed by atoms with Crippen molar-refractivity contribution >= 4 is 17.4 Å². The Labute approximate surface area is 104 Å². The first-order chi connectivity index (χ1) is 8.75. The van der Waals surface area contributed by atoms with E-state index in [4.69, 9.17) is 5.73 Å². The zero-order chi connectivity index (χ0) is 12.5. The molecule has 3 rings (SSSR count). The molecular weight excluding hydrogens is 230 g/mol. The zero-order valence-electron chi connectivity index (χ0n) is 9.68. The van der Waals surface area contributed by atoms with Crippen molar-refractivity contribution in [1.82, 2.24) is 15.6 Å². The number of nitrogens with zero attached hydrogens (tertiary/aromatic N) is 2. The summed E-state index contributed by atoms with van der Waals surface area (Å²) in [7, 11) is 0. The summed E-state index contributed by atoms with van der Waals surface area (Å²) in [6.45, 7) is 0.660. The molecule has 1 amide bonds. The maximum atomic E-state index is 11.3. The number of aromatic amines is 1. The normalized spacial score (nSPS) is 14.9. The second-order valence-corrected chi connectivity index (χ2v) is 4.15. The molecule has 0 bridgehead atoms. The van der Waals surface area contributed by atoms with Crippen molar-refractivity contribution in [3.8, 4) is 11.1 Å². The first kappa shape index (κ1) is 10.6. The van der Waals surface area contributed by atoms with Gasteiger partial charge in [0.05, 0.1) is 11.9 Å². The summed E-state index contributed by atoms with van der Waals surface area (Å²) in [5.41, 5.74) is 11.4. The summed E-state index contributed by atoms with van der Waals surface area (Å²) < 4.78 is 0. The third kappa shape index (κ3) is 1.67. The summed E-state index contributed by atoms with van der Waals surface area (Å²) in [5, 5.41) is 8.48. The van der Waals surface area contributed by atoms with Crippen molar-refractivity contribution in [3.63, 3.8) is 0 Å². The highest BCUT2D eigenvalue weighted by Gasteiger charge is 2.22. The van der Waals surface area contributed by atoms with Crippen LogP contribution in [0.5, 0.6) is 0 Å². The lowest BCUT2D eigenvalue weighted by Crippen LogP contribution is -2.33. The number of carbonyl (C=O) groups is 1. The van der Waals surface area contributed by atoms with E-state index in [0.29, 0.717) is 18.8 Å². The van der Waals surface area contributed by atoms with Gasteiger partial charge >= 0.3 is 0 Å². The van der Waals surface area contributed by atoms with E-state index in [-0.39, 0.29) is 5.91 Å². The van der Waals surface area contributed by atoms with Gasteiger partial charge in [-0.25, -0.2) is 0 Å². The van der Waals surface area contributed by atoms with Crippen LogP contribution in [-0.4, -0.2) is 22.6 Å². The van der Waals surface area contributed by atoms with Gasteiger partial charge < -0.3 is 5.73 Å². The number of H-pyrrole nitrogens is 1. The number of nitrogen functional groups attached to an aromatic ring is 1. The molecule has 2 aromatic rings. The largest absolute Gasteiger partial charge is 0.384 e. The predicted octanol–water partition coefficient (Wildman–Crippen LogP) is 0.900. The molecule has 1 aliphatic heterocycles. The summed E-state index contributed by atoms with van der Waals surface area (Å²) in [4.78, 5) is 11.3. The van der Waals surface area contributed by atoms with Crippen LogP contribution in [0.25, 0.3) is 11.1 Å². The van der Waals surface area contributed by atoms with Crippen LogP contribution in [0.3, 0.4) is 0 Å². The minimum Gasteiger partial charge on any atom is -0.384 e. The first-order valence-corrected chi connectivity index (χ1v) is 5.71. The molecule has 18 heavy (non-hydrogen) atoms. The maximum absolute atomic E-state index is 11.3. The average molecular weight is 243 g/mol. The van der Waals surface area contributed by atoms with Gasteiger partial charge in [0.2, 0.25) is 5.91 Å². The van der Waals surface area contributed by atoms with Crippen LogP contribution in [0.15, 0.2) is 30.5 Å². The van der Waals surface area contributed by atoms with Gasteiger partial charge in [-0.1, -0.05) is 18.2 Å². The molecule has 0 aliphatic carbocycles. The van der Waals surface area contributed by atoms with E-state index in [9.17, 15) is 4.79 Å². The Morgan fingerprint density at radius 1 is 1.28 bits per heavy atom. The molecule has 1 fully saturated rings. The van der Waals surface area contributed by atoms with Gasteiger partial charge in [0.15, 0.2) is 0 Å². The molecule has 1 aromatic carbocycles. The Morgan fingerprint density at radius 3 is 2.78 bits per heavy atom. The fourth-order valence-corrected chi connectivity index (χ4v) is 2.10. The van der Waals surface area contributed by atoms with Crippen molar-refractivity contribution in [1.29, 1.82) is 0 Å². The Balaban J connectivity index is 2.05. The molecule has 2 heterocycles. The highest BCUT2D eigenvalue weighted by molar-refractivity contribution is 5.88. The standard InChI is InChI=1S/C12H13N5O/c13-12-9(7-14-15-12)8-3-1-2-4-10(8)17-6-5-11(18)16-17/h1-4,7H,5-6H2,(H,16,18)(H3,13,14,15). The van der Waals surface area contributed by atoms with Gasteiger partial charge in [-0.2, -0.15) is 5.10 Å². The Morgan fingerprint density at radius 2 is 2.11 bits per heavy atom. The SMILES string of the molecule is Nc1[nH]ncc1-c1ccccc1N1CCC(=O)N1. The molecule has 1 aromatic heterocycles. The average Bonchev–Trinajstić information content (AvgIpc) is 2.98. The second kappa shape index (κ2) is 4.06. The van der Waals surface area contributed by atoms with Crippen LogP contribution >= 0.6 is 0 Å². The molecule has 0 spiro atoms. The topological polar surface area (TPSA) is 87.0 Å². The predicted molar refractivity (Wildman–Crippen MR) is 68.5 cm³/mol. The number of nitrogens with two attached hydrogens (primary N) is 1. The second-order valence-electron chi connectivity index (χ2n) is 4.15. The van der Waals surface area contributed by atoms with E-state index < -0.39 is 0 Å². The third-order valence-corrected chi connectivity index (χ3v) is 2.98. The van der Waals surface area contributed by atoms with Gasteiger partial charge in [0, 0.05) is 24.1 Å². The highest BCUT2D eigenvalue weighted by atomic mass is 16.2. The number of hydrogen-bond acceptors (Lipinski definition) is 4. The number of amides is 1. The van der Waals surface area contributed by atoms with E-state index >= 15 is 0 Å². The molecule has 1 aliphatic rings. The number of benzene rings is 1. The Kier molecular flexibility index (Phi) is 2.40. The maximum Gasteiger partial charge on any atom is 0.240 e. The fourth-order valence-electron chi connectivity index (χ4n) is 2.10. The number of rotatable bonds is 2. The van der Waals surface area contributed by atoms with Crippen LogP contribution in [0, 0.1) is 0 Å². The molecular formula is C12H13N5O. The van der Waals surface area contributed by atoms with E-state index in [1.807, 2.05) is 29.3 Å². The lowest BCUT2D eigenvalue weighted by atomic mass is 10.1. The minimum atomic E-state index is 0.0324. The summed E-state index contributed by atoms with van der Waals surface area (Å²) in [6, 6.07) is 7.77. The molecule has 6 heteroatoms. The minimum absolute atomic E-state index is 0.0324. The molecule has 1 saturated heterocycles. The molecule has 0 radical (unpaired) electrons. The summed E-state index contributed by atoms with van der Waals surface area (Å²) in [5.74, 6) is 0.554. The van der Waals surface area contributed by atoms with Crippen molar-refractivity contribution in [2.24, 2.45) is 0 Å². The smallest absolute Gasteiger partial charge is 0.240 e. The number of anilines is 2. The van der Waals surface area contributed by atoms with Crippen LogP contribution in [0.2, 0.25) is 0 Å². The summed E-state index contributed by atoms with van der Waals surface area (Å²) in [6.07, 6.45) is 2.20. The van der Waals surface area contributed by atoms with Crippen molar-refractivity contribution < 1.29 is 4.79 Å². The van der Waals surface area contributed by atoms with Crippen LogP contribution in [0.4, 0.5) is 11.5 Å². The number of hydrogen-bond donors (Lipinski definition) is 3.